The van der Waals surface area contributed by atoms with Crippen LogP contribution in [0.4, 0.5) is 0 Å². The van der Waals surface area contributed by atoms with Gasteiger partial charge in [0.2, 0.25) is 0 Å². The molecule has 4 aromatic carbocycles. The van der Waals surface area contributed by atoms with E-state index in [0.717, 1.165) is 11.0 Å². The summed E-state index contributed by atoms with van der Waals surface area (Å²) in [5.74, 6) is 0.0536. The summed E-state index contributed by atoms with van der Waals surface area (Å²) < 4.78 is 12.0. The van der Waals surface area contributed by atoms with Crippen LogP contribution in [0.2, 0.25) is 0 Å². The van der Waals surface area contributed by atoms with E-state index in [1.165, 1.54) is 16.3 Å². The molecule has 0 unspecified atom stereocenters. The highest BCUT2D eigenvalue weighted by Crippen LogP contribution is 2.30. The van der Waals surface area contributed by atoms with Crippen LogP contribution in [0.15, 0.2) is 97.1 Å². The predicted molar refractivity (Wildman–Crippen MR) is 126 cm³/mol. The maximum absolute atomic E-state index is 12.9. The summed E-state index contributed by atoms with van der Waals surface area (Å²) in [5.41, 5.74) is 3.32. The van der Waals surface area contributed by atoms with E-state index in [-0.39, 0.29) is 5.78 Å². The van der Waals surface area contributed by atoms with Crippen LogP contribution in [0, 0.1) is 5.41 Å². The van der Waals surface area contributed by atoms with E-state index >= 15 is 0 Å². The van der Waals surface area contributed by atoms with Crippen LogP contribution in [0.3, 0.4) is 0 Å². The van der Waals surface area contributed by atoms with Gasteiger partial charge >= 0.3 is 7.12 Å². The summed E-state index contributed by atoms with van der Waals surface area (Å²) in [6, 6.07) is 32.4. The molecule has 1 fully saturated rings. The monoisotopic (exact) mass is 406 g/mol. The smallest absolute Gasteiger partial charge is 0.406 e. The molecule has 0 saturated carbocycles. The molecule has 0 spiro atoms. The summed E-state index contributed by atoms with van der Waals surface area (Å²) in [6.07, 6.45) is 0. The van der Waals surface area contributed by atoms with Crippen molar-refractivity contribution in [1.29, 1.82) is 0 Å². The molecule has 152 valence electrons. The normalized spacial score (nSPS) is 15.7. The molecule has 1 aliphatic rings. The number of rotatable bonds is 4. The highest BCUT2D eigenvalue weighted by Gasteiger charge is 2.41. The molecule has 4 aromatic rings. The number of carbonyl (C=O) groups is 1. The summed E-state index contributed by atoms with van der Waals surface area (Å²) in [7, 11) is -0.460. The largest absolute Gasteiger partial charge is 0.493 e. The third kappa shape index (κ3) is 3.81. The average molecular weight is 406 g/mol. The minimum atomic E-state index is -0.680. The standard InChI is InChI=1S/C27H23BO3/c1-27(26(29)22-9-3-2-4-10-22)18-30-28(31-19-27)23-16-14-21(15-17-23)25-13-7-11-20-8-5-6-12-24(20)25/h2-17H,18-19H2,1H3. The van der Waals surface area contributed by atoms with Crippen molar-refractivity contribution in [2.45, 2.75) is 6.92 Å². The minimum absolute atomic E-state index is 0.0536. The summed E-state index contributed by atoms with van der Waals surface area (Å²) in [6.45, 7) is 2.56. The molecule has 0 aliphatic carbocycles. The molecule has 5 rings (SSSR count). The Morgan fingerprint density at radius 1 is 0.774 bits per heavy atom. The van der Waals surface area contributed by atoms with Crippen LogP contribution in [0.1, 0.15) is 17.3 Å². The van der Waals surface area contributed by atoms with Gasteiger partial charge in [-0.2, -0.15) is 0 Å². The number of Topliss-reactive ketones (excluding diaryl/α,β-unsaturated/α-hetero) is 1. The van der Waals surface area contributed by atoms with Gasteiger partial charge in [-0.25, -0.2) is 0 Å². The summed E-state index contributed by atoms with van der Waals surface area (Å²) >= 11 is 0. The predicted octanol–water partition coefficient (Wildman–Crippen LogP) is 5.14. The lowest BCUT2D eigenvalue weighted by atomic mass is 9.73. The molecule has 0 aromatic heterocycles. The van der Waals surface area contributed by atoms with Gasteiger partial charge in [0.1, 0.15) is 0 Å². The van der Waals surface area contributed by atoms with Crippen molar-refractivity contribution in [3.05, 3.63) is 103 Å². The topological polar surface area (TPSA) is 35.5 Å². The maximum atomic E-state index is 12.9. The van der Waals surface area contributed by atoms with E-state index in [1.807, 2.05) is 49.4 Å². The Morgan fingerprint density at radius 2 is 1.42 bits per heavy atom. The second-order valence-electron chi connectivity index (χ2n) is 8.36. The van der Waals surface area contributed by atoms with Gasteiger partial charge in [-0.05, 0) is 34.3 Å². The van der Waals surface area contributed by atoms with E-state index < -0.39 is 12.5 Å². The Labute approximate surface area is 182 Å². The molecule has 31 heavy (non-hydrogen) atoms. The Bertz CT molecular complexity index is 1200. The zero-order valence-electron chi connectivity index (χ0n) is 17.5. The van der Waals surface area contributed by atoms with Gasteiger partial charge in [-0.15, -0.1) is 0 Å². The lowest BCUT2D eigenvalue weighted by molar-refractivity contribution is 0.0229. The third-order valence-corrected chi connectivity index (χ3v) is 5.97. The fourth-order valence-corrected chi connectivity index (χ4v) is 4.17. The number of benzene rings is 4. The molecule has 4 heteroatoms. The molecule has 0 N–H and O–H groups in total. The summed E-state index contributed by atoms with van der Waals surface area (Å²) in [4.78, 5) is 12.9. The first-order valence-corrected chi connectivity index (χ1v) is 10.6. The van der Waals surface area contributed by atoms with Crippen molar-refractivity contribution >= 4 is 29.1 Å². The van der Waals surface area contributed by atoms with Crippen molar-refractivity contribution in [3.63, 3.8) is 0 Å². The highest BCUT2D eigenvalue weighted by molar-refractivity contribution is 6.61. The number of hydrogen-bond acceptors (Lipinski definition) is 3. The van der Waals surface area contributed by atoms with Crippen LogP contribution in [0.25, 0.3) is 21.9 Å². The van der Waals surface area contributed by atoms with Crippen LogP contribution in [-0.2, 0) is 9.31 Å². The number of hydrogen-bond donors (Lipinski definition) is 0. The quantitative estimate of drug-likeness (QED) is 0.348. The van der Waals surface area contributed by atoms with E-state index in [1.54, 1.807) is 0 Å². The van der Waals surface area contributed by atoms with Gasteiger partial charge in [-0.1, -0.05) is 97.1 Å². The zero-order chi connectivity index (χ0) is 21.3. The van der Waals surface area contributed by atoms with Gasteiger partial charge in [-0.3, -0.25) is 4.79 Å². The number of carbonyl (C=O) groups excluding carboxylic acids is 1. The van der Waals surface area contributed by atoms with Gasteiger partial charge in [0.05, 0.1) is 5.41 Å². The van der Waals surface area contributed by atoms with Crippen molar-refractivity contribution < 1.29 is 14.1 Å². The Kier molecular flexibility index (Phi) is 5.18. The number of ketones is 1. The molecular formula is C27H23BO3. The van der Waals surface area contributed by atoms with Crippen LogP contribution in [0.5, 0.6) is 0 Å². The molecule has 0 radical (unpaired) electrons. The first kappa shape index (κ1) is 19.7. The fourth-order valence-electron chi connectivity index (χ4n) is 4.17. The van der Waals surface area contributed by atoms with E-state index in [0.29, 0.717) is 18.8 Å². The lowest BCUT2D eigenvalue weighted by Crippen LogP contribution is -2.51. The van der Waals surface area contributed by atoms with Crippen molar-refractivity contribution in [2.24, 2.45) is 5.41 Å². The Morgan fingerprint density at radius 3 is 2.16 bits per heavy atom. The SMILES string of the molecule is CC1(C(=O)c2ccccc2)COB(c2ccc(-c3cccc4ccccc34)cc2)OC1. The van der Waals surface area contributed by atoms with Crippen molar-refractivity contribution in [3.8, 4) is 11.1 Å². The van der Waals surface area contributed by atoms with E-state index in [2.05, 4.69) is 54.6 Å². The summed E-state index contributed by atoms with van der Waals surface area (Å²) in [5, 5.41) is 2.46. The van der Waals surface area contributed by atoms with E-state index in [9.17, 15) is 4.79 Å². The second-order valence-corrected chi connectivity index (χ2v) is 8.36. The molecule has 1 saturated heterocycles. The molecule has 0 bridgehead atoms. The van der Waals surface area contributed by atoms with Gasteiger partial charge in [0, 0.05) is 18.8 Å². The Hall–Kier alpha value is -3.21. The second kappa shape index (κ2) is 8.14. The maximum Gasteiger partial charge on any atom is 0.493 e. The van der Waals surface area contributed by atoms with Crippen LogP contribution >= 0.6 is 0 Å². The highest BCUT2D eigenvalue weighted by atomic mass is 16.6. The zero-order valence-corrected chi connectivity index (χ0v) is 17.5. The van der Waals surface area contributed by atoms with Crippen LogP contribution in [-0.4, -0.2) is 26.1 Å². The van der Waals surface area contributed by atoms with E-state index in [4.69, 9.17) is 9.31 Å². The molecular weight excluding hydrogens is 383 g/mol. The molecule has 0 atom stereocenters. The molecule has 3 nitrogen and oxygen atoms in total. The van der Waals surface area contributed by atoms with Crippen LogP contribution < -0.4 is 5.46 Å². The van der Waals surface area contributed by atoms with Crippen molar-refractivity contribution in [2.75, 3.05) is 13.2 Å². The molecule has 0 amide bonds. The molecule has 1 heterocycles. The lowest BCUT2D eigenvalue weighted by Gasteiger charge is -2.35. The Balaban J connectivity index is 1.32. The first-order valence-electron chi connectivity index (χ1n) is 10.6. The third-order valence-electron chi connectivity index (χ3n) is 5.97. The van der Waals surface area contributed by atoms with Gasteiger partial charge in [0.25, 0.3) is 0 Å². The van der Waals surface area contributed by atoms with Crippen molar-refractivity contribution in [1.82, 2.24) is 0 Å². The molecule has 1 aliphatic heterocycles. The minimum Gasteiger partial charge on any atom is -0.406 e. The fraction of sp³-hybridized carbons (Fsp3) is 0.148. The average Bonchev–Trinajstić information content (AvgIpc) is 2.84. The van der Waals surface area contributed by atoms with Gasteiger partial charge in [0.15, 0.2) is 5.78 Å². The van der Waals surface area contributed by atoms with Gasteiger partial charge < -0.3 is 9.31 Å². The first-order chi connectivity index (χ1) is 15.1. The number of fused-ring (bicyclic) bond motifs is 1.